The van der Waals surface area contributed by atoms with Crippen molar-refractivity contribution in [1.29, 1.82) is 0 Å². The molecule has 472 valence electrons. The third kappa shape index (κ3) is 11.1. The molecule has 0 atom stereocenters. The summed E-state index contributed by atoms with van der Waals surface area (Å²) in [4.78, 5) is 32.7. The maximum absolute atomic E-state index is 6.30. The van der Waals surface area contributed by atoms with E-state index in [1.165, 1.54) is 80.3 Å². The molecule has 20 aromatic rings. The molecule has 0 aliphatic heterocycles. The number of aromatic nitrogens is 6. The Kier molecular flexibility index (Phi) is 14.8. The van der Waals surface area contributed by atoms with Crippen molar-refractivity contribution in [3.05, 3.63) is 340 Å². The van der Waals surface area contributed by atoms with Crippen LogP contribution in [0.5, 0.6) is 0 Å². The Bertz CT molecular complexity index is 6460. The maximum Gasteiger partial charge on any atom is 0.174 e. The first-order chi connectivity index (χ1) is 50.0. The Morgan fingerprint density at radius 1 is 0.198 bits per heavy atom. The first-order valence-electron chi connectivity index (χ1n) is 33.7. The summed E-state index contributed by atoms with van der Waals surface area (Å²) >= 11 is 3.41. The SMILES string of the molecule is c1ccc(-c2ccc3cc(-c4nc(-c5ccc6oc7cc8ccccc8cc7c6c5)nc(-c5cc6ccccc6s5)n4)ccc3c2)cc1.c1ccc(-c2ccccc2-c2nc(-c3ccc(-c4c5ccccc5c(-c5ccccc5)c5ccccc45)cc3)nc(-c3cc4ccccc4s3)n2)cc1. The van der Waals surface area contributed by atoms with Gasteiger partial charge < -0.3 is 4.42 Å². The summed E-state index contributed by atoms with van der Waals surface area (Å²) in [6, 6.07) is 119. The molecule has 0 radical (unpaired) electrons. The Morgan fingerprint density at radius 2 is 0.574 bits per heavy atom. The Hall–Kier alpha value is -12.9. The van der Waals surface area contributed by atoms with Gasteiger partial charge in [-0.1, -0.05) is 273 Å². The molecule has 9 heteroatoms. The summed E-state index contributed by atoms with van der Waals surface area (Å²) in [5, 5.41) is 14.1. The lowest BCUT2D eigenvalue weighted by Gasteiger charge is -2.18. The molecule has 7 nitrogen and oxygen atoms in total. The van der Waals surface area contributed by atoms with Gasteiger partial charge in [0.15, 0.2) is 34.9 Å². The van der Waals surface area contributed by atoms with Gasteiger partial charge in [0.1, 0.15) is 11.2 Å². The second-order valence-electron chi connectivity index (χ2n) is 25.3. The van der Waals surface area contributed by atoms with E-state index in [1.807, 2.05) is 24.3 Å². The number of furan rings is 1. The Balaban J connectivity index is 0.000000141. The zero-order valence-corrected chi connectivity index (χ0v) is 55.9. The second kappa shape index (κ2) is 25.2. The first kappa shape index (κ1) is 59.4. The molecule has 101 heavy (non-hydrogen) atoms. The van der Waals surface area contributed by atoms with Gasteiger partial charge in [-0.2, -0.15) is 0 Å². The summed E-state index contributed by atoms with van der Waals surface area (Å²) in [5.41, 5.74) is 14.9. The summed E-state index contributed by atoms with van der Waals surface area (Å²) in [6.07, 6.45) is 0. The van der Waals surface area contributed by atoms with Gasteiger partial charge >= 0.3 is 0 Å². The van der Waals surface area contributed by atoms with Gasteiger partial charge in [-0.05, 0) is 165 Å². The van der Waals surface area contributed by atoms with Crippen molar-refractivity contribution < 1.29 is 4.42 Å². The number of hydrogen-bond acceptors (Lipinski definition) is 9. The molecule has 0 fully saturated rings. The summed E-state index contributed by atoms with van der Waals surface area (Å²) < 4.78 is 8.71. The van der Waals surface area contributed by atoms with Crippen LogP contribution < -0.4 is 0 Å². The smallest absolute Gasteiger partial charge is 0.174 e. The van der Waals surface area contributed by atoms with Gasteiger partial charge in [-0.25, -0.2) is 29.9 Å². The van der Waals surface area contributed by atoms with Crippen LogP contribution in [0.25, 0.3) is 197 Å². The molecule has 0 aliphatic carbocycles. The predicted octanol–water partition coefficient (Wildman–Crippen LogP) is 25.4. The molecule has 0 spiro atoms. The van der Waals surface area contributed by atoms with Gasteiger partial charge in [-0.3, -0.25) is 0 Å². The number of hydrogen-bond donors (Lipinski definition) is 0. The Labute approximate surface area is 589 Å². The van der Waals surface area contributed by atoms with E-state index in [0.29, 0.717) is 34.9 Å². The molecule has 20 rings (SSSR count). The highest BCUT2D eigenvalue weighted by atomic mass is 32.1. The van der Waals surface area contributed by atoms with Crippen molar-refractivity contribution in [3.8, 4) is 111 Å². The van der Waals surface area contributed by atoms with E-state index in [1.54, 1.807) is 22.7 Å². The van der Waals surface area contributed by atoms with E-state index in [9.17, 15) is 0 Å². The minimum absolute atomic E-state index is 0.629. The van der Waals surface area contributed by atoms with Crippen LogP contribution in [0.4, 0.5) is 0 Å². The topological polar surface area (TPSA) is 90.5 Å². The highest BCUT2D eigenvalue weighted by Crippen LogP contribution is 2.45. The third-order valence-electron chi connectivity index (χ3n) is 19.0. The van der Waals surface area contributed by atoms with Gasteiger partial charge in [-0.15, -0.1) is 22.7 Å². The number of fused-ring (bicyclic) bond motifs is 9. The van der Waals surface area contributed by atoms with Gasteiger partial charge in [0, 0.05) is 42.4 Å². The van der Waals surface area contributed by atoms with Crippen LogP contribution in [0.2, 0.25) is 0 Å². The second-order valence-corrected chi connectivity index (χ2v) is 27.4. The third-order valence-corrected chi connectivity index (χ3v) is 21.3. The standard InChI is InChI=1S/C49H31N3S.C43H25N3OS/c1-3-15-32(16-4-1)37-20-8-13-25-42(37)48-50-47(51-49(52-48)44-31-36-19-7-14-26-43(36)53-44)35-29-27-34(28-30-35)46-40-23-11-9-21-38(40)45(33-17-5-2-6-18-33)39-22-10-12-24-41(39)46;1-2-8-26(9-3-1)29-14-15-31-21-33(17-16-30(31)20-29)41-44-42(46-43(45-41)40-25-32-12-6-7-13-39(32)48-40)34-18-19-37-35(23-34)36-22-27-10-4-5-11-28(27)24-38(36)47-37/h1-31H;1-25H. The van der Waals surface area contributed by atoms with E-state index < -0.39 is 0 Å². The van der Waals surface area contributed by atoms with Gasteiger partial charge in [0.25, 0.3) is 0 Å². The minimum atomic E-state index is 0.629. The summed E-state index contributed by atoms with van der Waals surface area (Å²) in [7, 11) is 0. The molecule has 0 unspecified atom stereocenters. The first-order valence-corrected chi connectivity index (χ1v) is 35.3. The van der Waals surface area contributed by atoms with Crippen molar-refractivity contribution in [2.75, 3.05) is 0 Å². The molecule has 5 aromatic heterocycles. The van der Waals surface area contributed by atoms with Crippen LogP contribution in [0.1, 0.15) is 0 Å². The maximum atomic E-state index is 6.30. The molecule has 0 bridgehead atoms. The molecular formula is C92H56N6OS2. The molecule has 0 N–H and O–H groups in total. The summed E-state index contributed by atoms with van der Waals surface area (Å²) in [5.74, 6) is 3.91. The number of benzene rings is 15. The lowest BCUT2D eigenvalue weighted by molar-refractivity contribution is 0.669. The largest absolute Gasteiger partial charge is 0.456 e. The molecule has 0 saturated carbocycles. The van der Waals surface area contributed by atoms with Crippen LogP contribution >= 0.6 is 22.7 Å². The monoisotopic (exact) mass is 1320 g/mol. The zero-order chi connectivity index (χ0) is 66.7. The highest BCUT2D eigenvalue weighted by molar-refractivity contribution is 7.22. The fourth-order valence-corrected chi connectivity index (χ4v) is 16.1. The van der Waals surface area contributed by atoms with E-state index in [2.05, 4.69) is 315 Å². The number of thiophene rings is 2. The molecular weight excluding hydrogens is 1270 g/mol. The zero-order valence-electron chi connectivity index (χ0n) is 54.2. The fourth-order valence-electron chi connectivity index (χ4n) is 14.1. The van der Waals surface area contributed by atoms with Crippen LogP contribution in [0, 0.1) is 0 Å². The number of rotatable bonds is 10. The van der Waals surface area contributed by atoms with Crippen molar-refractivity contribution in [2.45, 2.75) is 0 Å². The summed E-state index contributed by atoms with van der Waals surface area (Å²) in [6.45, 7) is 0. The van der Waals surface area contributed by atoms with Crippen LogP contribution in [0.15, 0.2) is 344 Å². The van der Waals surface area contributed by atoms with Crippen molar-refractivity contribution in [1.82, 2.24) is 29.9 Å². The lowest BCUT2D eigenvalue weighted by atomic mass is 9.86. The molecule has 0 saturated heterocycles. The Morgan fingerprint density at radius 3 is 1.16 bits per heavy atom. The van der Waals surface area contributed by atoms with Crippen molar-refractivity contribution >= 4 is 108 Å². The molecule has 5 heterocycles. The quantitative estimate of drug-likeness (QED) is 0.126. The predicted molar refractivity (Wildman–Crippen MR) is 422 cm³/mol. The highest BCUT2D eigenvalue weighted by Gasteiger charge is 2.22. The van der Waals surface area contributed by atoms with E-state index in [4.69, 9.17) is 34.3 Å². The van der Waals surface area contributed by atoms with E-state index in [-0.39, 0.29) is 0 Å². The van der Waals surface area contributed by atoms with Crippen LogP contribution in [0.3, 0.4) is 0 Å². The molecule has 0 aliphatic rings. The lowest BCUT2D eigenvalue weighted by Crippen LogP contribution is -2.00. The normalized spacial score (nSPS) is 11.6. The van der Waals surface area contributed by atoms with Gasteiger partial charge in [0.05, 0.1) is 9.75 Å². The van der Waals surface area contributed by atoms with Crippen molar-refractivity contribution in [2.24, 2.45) is 0 Å². The minimum Gasteiger partial charge on any atom is -0.456 e. The van der Waals surface area contributed by atoms with Crippen molar-refractivity contribution in [3.63, 3.8) is 0 Å². The van der Waals surface area contributed by atoms with Crippen LogP contribution in [-0.2, 0) is 0 Å². The number of nitrogens with zero attached hydrogens (tertiary/aromatic N) is 6. The van der Waals surface area contributed by atoms with Crippen LogP contribution in [-0.4, -0.2) is 29.9 Å². The van der Waals surface area contributed by atoms with Gasteiger partial charge in [0.2, 0.25) is 0 Å². The average molecular weight is 1330 g/mol. The molecule has 15 aromatic carbocycles. The average Bonchev–Trinajstić information content (AvgIpc) is 1.41. The molecule has 0 amide bonds. The van der Waals surface area contributed by atoms with E-state index >= 15 is 0 Å². The fraction of sp³-hybridized carbons (Fsp3) is 0. The van der Waals surface area contributed by atoms with E-state index in [0.717, 1.165) is 81.4 Å².